The molecule has 110 valence electrons. The standard InChI is InChI=1S/C16H16BrNO2S/c17-15-6-1-3-12(9-15)11-18-21(19,20)16-8-7-13-4-2-5-14(13)10-16/h1,3,6-10,18H,2,4-5,11H2. The molecule has 21 heavy (non-hydrogen) atoms. The van der Waals surface area contributed by atoms with Gasteiger partial charge in [0.15, 0.2) is 0 Å². The summed E-state index contributed by atoms with van der Waals surface area (Å²) in [5.74, 6) is 0. The summed E-state index contributed by atoms with van der Waals surface area (Å²) in [7, 11) is -3.46. The molecule has 0 heterocycles. The smallest absolute Gasteiger partial charge is 0.207 e. The number of nitrogens with one attached hydrogen (secondary N) is 1. The van der Waals surface area contributed by atoms with Crippen LogP contribution in [-0.2, 0) is 29.4 Å². The first kappa shape index (κ1) is 14.8. The first-order valence-electron chi connectivity index (χ1n) is 6.90. The van der Waals surface area contributed by atoms with Crippen LogP contribution in [0.25, 0.3) is 0 Å². The first-order chi connectivity index (χ1) is 10.0. The zero-order valence-electron chi connectivity index (χ0n) is 11.5. The van der Waals surface area contributed by atoms with Gasteiger partial charge in [0, 0.05) is 11.0 Å². The van der Waals surface area contributed by atoms with E-state index in [-0.39, 0.29) is 0 Å². The molecule has 2 aromatic rings. The van der Waals surface area contributed by atoms with Crippen molar-refractivity contribution in [3.8, 4) is 0 Å². The van der Waals surface area contributed by atoms with Crippen LogP contribution in [0.5, 0.6) is 0 Å². The van der Waals surface area contributed by atoms with Gasteiger partial charge in [0.2, 0.25) is 10.0 Å². The molecule has 0 radical (unpaired) electrons. The maximum atomic E-state index is 12.4. The van der Waals surface area contributed by atoms with Crippen molar-refractivity contribution in [3.63, 3.8) is 0 Å². The Balaban J connectivity index is 1.78. The number of sulfonamides is 1. The van der Waals surface area contributed by atoms with Crippen LogP contribution in [0, 0.1) is 0 Å². The molecule has 2 aromatic carbocycles. The highest BCUT2D eigenvalue weighted by Crippen LogP contribution is 2.24. The van der Waals surface area contributed by atoms with Crippen LogP contribution in [0.3, 0.4) is 0 Å². The molecule has 0 amide bonds. The molecule has 0 atom stereocenters. The van der Waals surface area contributed by atoms with Crippen molar-refractivity contribution >= 4 is 26.0 Å². The number of aryl methyl sites for hydroxylation is 2. The molecule has 3 rings (SSSR count). The van der Waals surface area contributed by atoms with Gasteiger partial charge in [-0.25, -0.2) is 13.1 Å². The van der Waals surface area contributed by atoms with Crippen LogP contribution >= 0.6 is 15.9 Å². The van der Waals surface area contributed by atoms with E-state index in [9.17, 15) is 8.42 Å². The Bertz CT molecular complexity index is 772. The van der Waals surface area contributed by atoms with Crippen LogP contribution in [0.15, 0.2) is 51.8 Å². The second-order valence-corrected chi connectivity index (χ2v) is 7.92. The molecule has 0 fully saturated rings. The van der Waals surface area contributed by atoms with Crippen molar-refractivity contribution in [2.45, 2.75) is 30.7 Å². The van der Waals surface area contributed by atoms with Crippen LogP contribution in [0.1, 0.15) is 23.1 Å². The summed E-state index contributed by atoms with van der Waals surface area (Å²) in [6, 6.07) is 13.1. The molecule has 0 saturated heterocycles. The molecule has 0 unspecified atom stereocenters. The average molecular weight is 366 g/mol. The zero-order valence-corrected chi connectivity index (χ0v) is 13.9. The van der Waals surface area contributed by atoms with Gasteiger partial charge in [0.25, 0.3) is 0 Å². The fourth-order valence-electron chi connectivity index (χ4n) is 2.62. The van der Waals surface area contributed by atoms with E-state index >= 15 is 0 Å². The summed E-state index contributed by atoms with van der Waals surface area (Å²) in [5.41, 5.74) is 3.37. The largest absolute Gasteiger partial charge is 0.240 e. The van der Waals surface area contributed by atoms with E-state index in [4.69, 9.17) is 0 Å². The Morgan fingerprint density at radius 1 is 1.05 bits per heavy atom. The number of halogens is 1. The molecule has 0 spiro atoms. The van der Waals surface area contributed by atoms with E-state index in [0.717, 1.165) is 29.3 Å². The predicted octanol–water partition coefficient (Wildman–Crippen LogP) is 3.42. The van der Waals surface area contributed by atoms with Gasteiger partial charge in [-0.05, 0) is 60.2 Å². The summed E-state index contributed by atoms with van der Waals surface area (Å²) in [4.78, 5) is 0.359. The third-order valence-corrected chi connectivity index (χ3v) is 5.63. The van der Waals surface area contributed by atoms with E-state index in [1.165, 1.54) is 11.1 Å². The Morgan fingerprint density at radius 3 is 2.67 bits per heavy atom. The molecule has 0 bridgehead atoms. The van der Waals surface area contributed by atoms with Gasteiger partial charge in [-0.2, -0.15) is 0 Å². The van der Waals surface area contributed by atoms with E-state index in [1.807, 2.05) is 36.4 Å². The third kappa shape index (κ3) is 3.36. The quantitative estimate of drug-likeness (QED) is 0.901. The monoisotopic (exact) mass is 365 g/mol. The van der Waals surface area contributed by atoms with Crippen molar-refractivity contribution in [2.24, 2.45) is 0 Å². The fraction of sp³-hybridized carbons (Fsp3) is 0.250. The zero-order chi connectivity index (χ0) is 14.9. The van der Waals surface area contributed by atoms with Crippen molar-refractivity contribution < 1.29 is 8.42 Å². The molecule has 0 saturated carbocycles. The Kier molecular flexibility index (Phi) is 4.15. The van der Waals surface area contributed by atoms with Gasteiger partial charge < -0.3 is 0 Å². The van der Waals surface area contributed by atoms with Gasteiger partial charge in [-0.1, -0.05) is 34.1 Å². The molecule has 0 aromatic heterocycles. The highest BCUT2D eigenvalue weighted by Gasteiger charge is 2.18. The highest BCUT2D eigenvalue weighted by molar-refractivity contribution is 9.10. The van der Waals surface area contributed by atoms with Crippen molar-refractivity contribution in [3.05, 3.63) is 63.6 Å². The fourth-order valence-corrected chi connectivity index (χ4v) is 4.14. The van der Waals surface area contributed by atoms with E-state index in [0.29, 0.717) is 11.4 Å². The number of fused-ring (bicyclic) bond motifs is 1. The number of rotatable bonds is 4. The molecular formula is C16H16BrNO2S. The van der Waals surface area contributed by atoms with Crippen molar-refractivity contribution in [2.75, 3.05) is 0 Å². The summed E-state index contributed by atoms with van der Waals surface area (Å²) in [5, 5.41) is 0. The van der Waals surface area contributed by atoms with Crippen LogP contribution in [0.2, 0.25) is 0 Å². The second-order valence-electron chi connectivity index (χ2n) is 5.24. The Morgan fingerprint density at radius 2 is 1.86 bits per heavy atom. The summed E-state index contributed by atoms with van der Waals surface area (Å²) in [6.45, 7) is 0.291. The number of benzene rings is 2. The van der Waals surface area contributed by atoms with Crippen molar-refractivity contribution in [1.82, 2.24) is 4.72 Å². The van der Waals surface area contributed by atoms with E-state index < -0.39 is 10.0 Å². The van der Waals surface area contributed by atoms with E-state index in [1.54, 1.807) is 6.07 Å². The second kappa shape index (κ2) is 5.91. The van der Waals surface area contributed by atoms with Gasteiger partial charge >= 0.3 is 0 Å². The minimum absolute atomic E-state index is 0.291. The lowest BCUT2D eigenvalue weighted by molar-refractivity contribution is 0.581. The lowest BCUT2D eigenvalue weighted by Crippen LogP contribution is -2.23. The van der Waals surface area contributed by atoms with Crippen LogP contribution < -0.4 is 4.72 Å². The number of hydrogen-bond acceptors (Lipinski definition) is 2. The predicted molar refractivity (Wildman–Crippen MR) is 86.6 cm³/mol. The molecule has 1 N–H and O–H groups in total. The molecule has 3 nitrogen and oxygen atoms in total. The van der Waals surface area contributed by atoms with Gasteiger partial charge in [0.1, 0.15) is 0 Å². The summed E-state index contributed by atoms with van der Waals surface area (Å²) >= 11 is 3.38. The SMILES string of the molecule is O=S(=O)(NCc1cccc(Br)c1)c1ccc2c(c1)CCC2. The van der Waals surface area contributed by atoms with Crippen LogP contribution in [-0.4, -0.2) is 8.42 Å². The Hall–Kier alpha value is -1.17. The normalized spacial score (nSPS) is 14.1. The van der Waals surface area contributed by atoms with E-state index in [2.05, 4.69) is 20.7 Å². The highest BCUT2D eigenvalue weighted by atomic mass is 79.9. The summed E-state index contributed by atoms with van der Waals surface area (Å²) in [6.07, 6.45) is 3.15. The maximum Gasteiger partial charge on any atom is 0.240 e. The van der Waals surface area contributed by atoms with Crippen LogP contribution in [0.4, 0.5) is 0 Å². The Labute approximate surface area is 133 Å². The average Bonchev–Trinajstić information content (AvgIpc) is 2.93. The molecule has 0 aliphatic heterocycles. The summed E-state index contributed by atoms with van der Waals surface area (Å²) < 4.78 is 28.3. The molecule has 1 aliphatic rings. The lowest BCUT2D eigenvalue weighted by Gasteiger charge is -2.09. The molecular weight excluding hydrogens is 350 g/mol. The molecule has 5 heteroatoms. The third-order valence-electron chi connectivity index (χ3n) is 3.74. The minimum atomic E-state index is -3.46. The maximum absolute atomic E-state index is 12.4. The lowest BCUT2D eigenvalue weighted by atomic mass is 10.1. The first-order valence-corrected chi connectivity index (χ1v) is 9.18. The number of hydrogen-bond donors (Lipinski definition) is 1. The van der Waals surface area contributed by atoms with Crippen molar-refractivity contribution in [1.29, 1.82) is 0 Å². The minimum Gasteiger partial charge on any atom is -0.207 e. The van der Waals surface area contributed by atoms with Gasteiger partial charge in [-0.15, -0.1) is 0 Å². The van der Waals surface area contributed by atoms with Gasteiger partial charge in [-0.3, -0.25) is 0 Å². The molecule has 1 aliphatic carbocycles. The topological polar surface area (TPSA) is 46.2 Å². The van der Waals surface area contributed by atoms with Gasteiger partial charge in [0.05, 0.1) is 4.90 Å².